The minimum Gasteiger partial charge on any atom is -0.335 e. The van der Waals surface area contributed by atoms with E-state index in [0.717, 1.165) is 89.8 Å². The fraction of sp³-hybridized carbons (Fsp3) is 0.200. The zero-order valence-corrected chi connectivity index (χ0v) is 65.8. The summed E-state index contributed by atoms with van der Waals surface area (Å²) in [5, 5.41) is 4.33. The molecule has 18 heteroatoms. The summed E-state index contributed by atoms with van der Waals surface area (Å²) in [7, 11) is 0. The number of benzene rings is 4. The Morgan fingerprint density at radius 1 is 0.365 bits per heavy atom. The van der Waals surface area contributed by atoms with Gasteiger partial charge in [-0.15, -0.1) is 9.15 Å². The van der Waals surface area contributed by atoms with Crippen LogP contribution in [0.5, 0.6) is 0 Å². The molecule has 6 aliphatic rings. The van der Waals surface area contributed by atoms with Gasteiger partial charge in [-0.3, -0.25) is 0 Å². The number of hydrogen-bond donors (Lipinski definition) is 0. The molecule has 6 aliphatic heterocycles. The summed E-state index contributed by atoms with van der Waals surface area (Å²) in [6.45, 7) is 16.0. The molecule has 8 nitrogen and oxygen atoms in total. The topological polar surface area (TPSA) is 65.3 Å². The molecule has 0 fully saturated rings. The number of fused-ring (bicyclic) bond motifs is 12. The number of rotatable bonds is 0. The van der Waals surface area contributed by atoms with Crippen LogP contribution in [0.1, 0.15) is 77.6 Å². The molecule has 0 aliphatic carbocycles. The van der Waals surface area contributed by atoms with Crippen molar-refractivity contribution in [2.45, 2.75) is 61.3 Å². The van der Waals surface area contributed by atoms with E-state index in [1.807, 2.05) is 81.1 Å². The second kappa shape index (κ2) is 32.6. The minimum atomic E-state index is -0.923. The number of nitrogens with zero attached hydrogens (tertiary/aromatic N) is 8. The molecule has 2 aromatic heterocycles. The van der Waals surface area contributed by atoms with Crippen molar-refractivity contribution in [1.82, 2.24) is 9.13 Å². The van der Waals surface area contributed by atoms with Gasteiger partial charge in [0.15, 0.2) is 0 Å². The van der Waals surface area contributed by atoms with Crippen LogP contribution >= 0.6 is 0 Å². The molecular weight excluding hydrogens is 1540 g/mol. The summed E-state index contributed by atoms with van der Waals surface area (Å²) in [4.78, 5) is 21.7. The zero-order valence-electron chi connectivity index (χ0n) is 37.4. The second-order valence-corrected chi connectivity index (χ2v) is 13.5. The van der Waals surface area contributed by atoms with Crippen LogP contribution in [-0.2, 0) is 333 Å². The Kier molecular flexibility index (Phi) is 37.5. The Bertz CT molecular complexity index is 2570. The van der Waals surface area contributed by atoms with E-state index in [1.54, 1.807) is 0 Å². The Morgan fingerprint density at radius 3 is 0.952 bits per heavy atom. The third-order valence-electron chi connectivity index (χ3n) is 9.38. The Morgan fingerprint density at radius 2 is 0.635 bits per heavy atom. The SMILES string of the molecule is C[CH-]C.C[CH-]C.C[CH-]C.C[CH-]C.[Y].[Y].[Y].[Y].[Y].[Y].[Y].[Y].[Y].[Y].c1ccc2c(c1)C1=Nc3c4ccccc4c4n3C35n6c(c7ccccc7c6=NC6=[N+]3C(=N4)c3ccccc36)=NC2=[N+]15. The van der Waals surface area contributed by atoms with Gasteiger partial charge in [-0.2, -0.15) is 64.5 Å². The van der Waals surface area contributed by atoms with Gasteiger partial charge < -0.3 is 25.7 Å². The van der Waals surface area contributed by atoms with E-state index in [2.05, 4.69) is 115 Å². The molecule has 0 saturated heterocycles. The Labute approximate surface area is 625 Å². The first-order valence-corrected chi connectivity index (χ1v) is 18.4. The summed E-state index contributed by atoms with van der Waals surface area (Å²) in [6, 6.07) is 34.0. The van der Waals surface area contributed by atoms with Crippen molar-refractivity contribution in [3.8, 4) is 0 Å². The monoisotopic (exact) mass is 1590 g/mol. The van der Waals surface area contributed by atoms with Gasteiger partial charge in [0.05, 0.1) is 22.3 Å². The predicted molar refractivity (Wildman–Crippen MR) is 216 cm³/mol. The molecule has 296 valence electrons. The van der Waals surface area contributed by atoms with Crippen molar-refractivity contribution in [1.29, 1.82) is 0 Å². The van der Waals surface area contributed by atoms with Gasteiger partial charge in [0.1, 0.15) is 0 Å². The maximum absolute atomic E-state index is 5.42. The average Bonchev–Trinajstić information content (AvgIpc) is 3.89. The van der Waals surface area contributed by atoms with Crippen LogP contribution in [0.25, 0.3) is 21.5 Å². The smallest absolute Gasteiger partial charge is 0.335 e. The van der Waals surface area contributed by atoms with E-state index in [-0.39, 0.29) is 327 Å². The summed E-state index contributed by atoms with van der Waals surface area (Å²) < 4.78 is 9.32. The molecule has 0 bridgehead atoms. The van der Waals surface area contributed by atoms with Gasteiger partial charge in [0.2, 0.25) is 22.6 Å². The van der Waals surface area contributed by atoms with Crippen LogP contribution in [0, 0.1) is 25.7 Å². The van der Waals surface area contributed by atoms with Crippen molar-refractivity contribution in [2.75, 3.05) is 0 Å². The van der Waals surface area contributed by atoms with Crippen molar-refractivity contribution in [3.05, 3.63) is 156 Å². The second-order valence-electron chi connectivity index (χ2n) is 13.5. The molecular formula is C45H44N8Y10-2. The average molecular weight is 1590 g/mol. The van der Waals surface area contributed by atoms with Gasteiger partial charge in [-0.25, -0.2) is 0 Å². The van der Waals surface area contributed by atoms with Gasteiger partial charge in [0.25, 0.3) is 23.3 Å². The summed E-state index contributed by atoms with van der Waals surface area (Å²) >= 11 is 0. The van der Waals surface area contributed by atoms with Gasteiger partial charge in [-0.05, 0) is 48.5 Å². The number of hydrogen-bond acceptors (Lipinski definition) is 4. The molecule has 0 saturated carbocycles. The third kappa shape index (κ3) is 12.2. The molecule has 0 N–H and O–H groups in total. The van der Waals surface area contributed by atoms with Crippen LogP contribution in [-0.4, -0.2) is 41.6 Å². The van der Waals surface area contributed by atoms with E-state index in [1.165, 1.54) is 0 Å². The fourth-order valence-corrected chi connectivity index (χ4v) is 7.88. The first kappa shape index (κ1) is 72.5. The van der Waals surface area contributed by atoms with E-state index in [4.69, 9.17) is 20.0 Å². The van der Waals surface area contributed by atoms with Gasteiger partial charge in [-0.1, -0.05) is 68.5 Å². The third-order valence-corrected chi connectivity index (χ3v) is 9.38. The van der Waals surface area contributed by atoms with E-state index < -0.39 is 5.91 Å². The minimum absolute atomic E-state index is 0. The zero-order chi connectivity index (χ0) is 37.0. The molecule has 0 unspecified atom stereocenters. The van der Waals surface area contributed by atoms with Crippen molar-refractivity contribution in [2.24, 2.45) is 20.0 Å². The van der Waals surface area contributed by atoms with E-state index in [0.29, 0.717) is 0 Å². The van der Waals surface area contributed by atoms with Crippen LogP contribution in [0.2, 0.25) is 0 Å². The molecule has 1 spiro atoms. The molecule has 10 radical (unpaired) electrons. The maximum Gasteiger partial charge on any atom is 0.404 e. The molecule has 12 rings (SSSR count). The van der Waals surface area contributed by atoms with Crippen molar-refractivity contribution in [3.63, 3.8) is 0 Å². The quantitative estimate of drug-likeness (QED) is 0.108. The van der Waals surface area contributed by atoms with Crippen LogP contribution in [0.4, 0.5) is 11.6 Å². The van der Waals surface area contributed by atoms with Crippen LogP contribution in [0.15, 0.2) is 117 Å². The van der Waals surface area contributed by atoms with Crippen molar-refractivity contribution < 1.29 is 336 Å². The molecule has 4 aromatic carbocycles. The van der Waals surface area contributed by atoms with Gasteiger partial charge >= 0.3 is 5.91 Å². The molecule has 0 atom stereocenters. The number of amidine groups is 4. The fourth-order valence-electron chi connectivity index (χ4n) is 7.88. The molecule has 63 heavy (non-hydrogen) atoms. The molecule has 0 amide bonds. The largest absolute Gasteiger partial charge is 0.404 e. The summed E-state index contributed by atoms with van der Waals surface area (Å²) in [6.07, 6.45) is 8.00. The predicted octanol–water partition coefficient (Wildman–Crippen LogP) is 8.60. The molecule has 8 heterocycles. The van der Waals surface area contributed by atoms with Crippen molar-refractivity contribution >= 4 is 56.5 Å². The van der Waals surface area contributed by atoms with E-state index in [9.17, 15) is 0 Å². The summed E-state index contributed by atoms with van der Waals surface area (Å²) in [5.74, 6) is 4.46. The first-order chi connectivity index (χ1) is 26.0. The standard InChI is InChI=1S/C33H16N8.4C3H7.10Y/c1-2-10-18-17(9-1)25-34-27-19-11-3-4-12-20(19)29-36-31-23-15-7-8-16-24(23)32-37-30-22-14-6-5-13-21(22)28-35-26(18)38(25)33(39(27)29,40(28)30)41(31)32;4*1-3-2;;;;;;;;;;/h1-16H;4*3H,1-2H3;;;;;;;;;;/q+2;4*-1;;;;;;;;;;. The van der Waals surface area contributed by atoms with Crippen LogP contribution in [0.3, 0.4) is 0 Å². The summed E-state index contributed by atoms with van der Waals surface area (Å²) in [5.41, 5.74) is 6.13. The molecule has 6 aromatic rings. The van der Waals surface area contributed by atoms with E-state index >= 15 is 0 Å². The Balaban J connectivity index is -0.00000150. The number of aliphatic imine (C=N–C) groups is 2. The first-order valence-electron chi connectivity index (χ1n) is 18.4. The maximum atomic E-state index is 5.42. The Hall–Kier alpha value is 5.28. The normalized spacial score (nSPS) is 13.1. The number of aromatic nitrogens is 2. The van der Waals surface area contributed by atoms with Gasteiger partial charge in [0, 0.05) is 349 Å². The van der Waals surface area contributed by atoms with Crippen LogP contribution < -0.4 is 11.0 Å².